The van der Waals surface area contributed by atoms with Crippen molar-refractivity contribution >= 4 is 18.1 Å². The predicted octanol–water partition coefficient (Wildman–Crippen LogP) is 5.03. The molecule has 5 nitrogen and oxygen atoms in total. The number of hydrogen-bond donors (Lipinski definition) is 2. The van der Waals surface area contributed by atoms with Crippen LogP contribution in [0.2, 0.25) is 0 Å². The lowest BCUT2D eigenvalue weighted by Gasteiger charge is -2.09. The smallest absolute Gasteiger partial charge is 0.221 e. The molecule has 0 aliphatic rings. The van der Waals surface area contributed by atoms with Crippen molar-refractivity contribution in [3.8, 4) is 11.4 Å². The number of carbonyl (C=O) groups is 1. The number of hydrogen-bond acceptors (Lipinski definition) is 3. The van der Waals surface area contributed by atoms with Gasteiger partial charge in [-0.1, -0.05) is 63.3 Å². The Morgan fingerprint density at radius 2 is 2.04 bits per heavy atom. The van der Waals surface area contributed by atoms with Gasteiger partial charge in [0.05, 0.1) is 0 Å². The van der Waals surface area contributed by atoms with Crippen LogP contribution in [0.4, 0.5) is 0 Å². The second-order valence-electron chi connectivity index (χ2n) is 7.57. The first-order valence-electron chi connectivity index (χ1n) is 9.96. The molecule has 1 amide bonds. The summed E-state index contributed by atoms with van der Waals surface area (Å²) in [6.07, 6.45) is 6.45. The Bertz CT molecular complexity index is 778. The summed E-state index contributed by atoms with van der Waals surface area (Å²) in [7, 11) is 0. The lowest BCUT2D eigenvalue weighted by Crippen LogP contribution is -2.25. The van der Waals surface area contributed by atoms with E-state index in [4.69, 9.17) is 12.2 Å². The van der Waals surface area contributed by atoms with Gasteiger partial charge in [-0.3, -0.25) is 14.5 Å². The van der Waals surface area contributed by atoms with Crippen molar-refractivity contribution in [2.75, 3.05) is 6.54 Å². The zero-order valence-electron chi connectivity index (χ0n) is 16.8. The highest BCUT2D eigenvalue weighted by atomic mass is 32.1. The number of rotatable bonds is 11. The van der Waals surface area contributed by atoms with Crippen LogP contribution in [0, 0.1) is 17.6 Å². The Morgan fingerprint density at radius 1 is 1.26 bits per heavy atom. The molecule has 0 saturated heterocycles. The van der Waals surface area contributed by atoms with Gasteiger partial charge < -0.3 is 5.32 Å². The maximum Gasteiger partial charge on any atom is 0.221 e. The van der Waals surface area contributed by atoms with E-state index in [-0.39, 0.29) is 5.91 Å². The number of amides is 1. The van der Waals surface area contributed by atoms with Crippen molar-refractivity contribution in [1.29, 1.82) is 0 Å². The Morgan fingerprint density at radius 3 is 2.78 bits per heavy atom. The number of aryl methyl sites for hydroxylation is 1. The number of carbonyl (C=O) groups excluding carboxylic acids is 1. The van der Waals surface area contributed by atoms with Crippen LogP contribution in [0.3, 0.4) is 0 Å². The van der Waals surface area contributed by atoms with E-state index in [0.29, 0.717) is 17.7 Å². The normalized spacial score (nSPS) is 11.1. The molecule has 0 fully saturated rings. The van der Waals surface area contributed by atoms with Crippen LogP contribution in [-0.2, 0) is 11.3 Å². The molecule has 0 atom stereocenters. The van der Waals surface area contributed by atoms with Crippen molar-refractivity contribution in [3.05, 3.63) is 34.6 Å². The fraction of sp³-hybridized carbons (Fsp3) is 0.571. The van der Waals surface area contributed by atoms with Crippen LogP contribution in [0.1, 0.15) is 57.9 Å². The highest BCUT2D eigenvalue weighted by Gasteiger charge is 2.10. The summed E-state index contributed by atoms with van der Waals surface area (Å²) in [6, 6.07) is 8.13. The molecule has 2 N–H and O–H groups in total. The average molecular weight is 389 g/mol. The Hall–Kier alpha value is -1.95. The van der Waals surface area contributed by atoms with Gasteiger partial charge >= 0.3 is 0 Å². The molecule has 0 radical (unpaired) electrons. The zero-order valence-corrected chi connectivity index (χ0v) is 17.6. The van der Waals surface area contributed by atoms with Crippen LogP contribution in [0.5, 0.6) is 0 Å². The molecule has 2 aromatic rings. The maximum atomic E-state index is 12.1. The minimum atomic E-state index is 0.0653. The quantitative estimate of drug-likeness (QED) is 0.419. The van der Waals surface area contributed by atoms with Crippen LogP contribution in [0.15, 0.2) is 24.3 Å². The summed E-state index contributed by atoms with van der Waals surface area (Å²) in [6.45, 7) is 7.85. The van der Waals surface area contributed by atoms with Gasteiger partial charge in [-0.15, -0.1) is 0 Å². The van der Waals surface area contributed by atoms with Gasteiger partial charge in [0.2, 0.25) is 5.91 Å². The summed E-state index contributed by atoms with van der Waals surface area (Å²) in [5.74, 6) is 1.63. The summed E-state index contributed by atoms with van der Waals surface area (Å²) in [4.78, 5) is 12.1. The number of nitrogens with zero attached hydrogens (tertiary/aromatic N) is 2. The van der Waals surface area contributed by atoms with Gasteiger partial charge in [0.1, 0.15) is 0 Å². The van der Waals surface area contributed by atoms with Crippen LogP contribution < -0.4 is 5.32 Å². The molecule has 0 aliphatic carbocycles. The number of unbranched alkanes of at least 4 members (excludes halogenated alkanes) is 3. The second-order valence-corrected chi connectivity index (χ2v) is 7.96. The Kier molecular flexibility index (Phi) is 8.72. The van der Waals surface area contributed by atoms with E-state index < -0.39 is 0 Å². The molecule has 0 saturated carbocycles. The van der Waals surface area contributed by atoms with E-state index in [1.54, 1.807) is 0 Å². The van der Waals surface area contributed by atoms with E-state index in [1.165, 1.54) is 31.2 Å². The monoisotopic (exact) mass is 388 g/mol. The lowest BCUT2D eigenvalue weighted by atomic mass is 10.0. The van der Waals surface area contributed by atoms with Crippen LogP contribution >= 0.6 is 12.2 Å². The third-order valence-electron chi connectivity index (χ3n) is 4.63. The molecule has 27 heavy (non-hydrogen) atoms. The minimum Gasteiger partial charge on any atom is -0.356 e. The van der Waals surface area contributed by atoms with Gasteiger partial charge in [-0.05, 0) is 37.5 Å². The van der Waals surface area contributed by atoms with Crippen molar-refractivity contribution in [2.45, 2.75) is 65.8 Å². The van der Waals surface area contributed by atoms with Crippen LogP contribution in [-0.4, -0.2) is 27.2 Å². The third-order valence-corrected chi connectivity index (χ3v) is 4.94. The minimum absolute atomic E-state index is 0.0653. The van der Waals surface area contributed by atoms with Gasteiger partial charge in [-0.25, -0.2) is 0 Å². The molecule has 1 heterocycles. The molecule has 148 valence electrons. The van der Waals surface area contributed by atoms with Crippen molar-refractivity contribution < 1.29 is 4.79 Å². The van der Waals surface area contributed by atoms with Gasteiger partial charge in [0.25, 0.3) is 0 Å². The second kappa shape index (κ2) is 11.0. The molecule has 0 unspecified atom stereocenters. The standard InChI is InChI=1S/C21H32N4OS/c1-16(2)9-6-4-5-7-13-22-19(26)12-14-25-20(23-24-21(25)27)18-11-8-10-17(3)15-18/h8,10-11,15-16H,4-7,9,12-14H2,1-3H3,(H,22,26)(H,24,27). The molecule has 0 aliphatic heterocycles. The first kappa shape index (κ1) is 21.4. The van der Waals surface area contributed by atoms with E-state index in [2.05, 4.69) is 35.4 Å². The maximum absolute atomic E-state index is 12.1. The first-order valence-corrected chi connectivity index (χ1v) is 10.4. The summed E-state index contributed by atoms with van der Waals surface area (Å²) in [5.41, 5.74) is 2.17. The fourth-order valence-corrected chi connectivity index (χ4v) is 3.31. The summed E-state index contributed by atoms with van der Waals surface area (Å²) in [5, 5.41) is 10.2. The molecule has 1 aromatic carbocycles. The summed E-state index contributed by atoms with van der Waals surface area (Å²) >= 11 is 5.34. The van der Waals surface area contributed by atoms with Crippen molar-refractivity contribution in [2.24, 2.45) is 5.92 Å². The van der Waals surface area contributed by atoms with Crippen molar-refractivity contribution in [1.82, 2.24) is 20.1 Å². The number of nitrogens with one attached hydrogen (secondary N) is 2. The number of H-pyrrole nitrogens is 1. The Balaban J connectivity index is 1.76. The fourth-order valence-electron chi connectivity index (χ4n) is 3.09. The number of benzene rings is 1. The summed E-state index contributed by atoms with van der Waals surface area (Å²) < 4.78 is 2.44. The molecule has 2 rings (SSSR count). The third kappa shape index (κ3) is 7.29. The molecule has 0 bridgehead atoms. The largest absolute Gasteiger partial charge is 0.356 e. The zero-order chi connectivity index (χ0) is 19.6. The van der Waals surface area contributed by atoms with E-state index in [1.807, 2.05) is 29.7 Å². The number of aromatic nitrogens is 3. The van der Waals surface area contributed by atoms with Crippen LogP contribution in [0.25, 0.3) is 11.4 Å². The molecule has 6 heteroatoms. The molecule has 1 aromatic heterocycles. The van der Waals surface area contributed by atoms with E-state index in [0.717, 1.165) is 30.3 Å². The van der Waals surface area contributed by atoms with Gasteiger partial charge in [0, 0.05) is 25.1 Å². The average Bonchev–Trinajstić information content (AvgIpc) is 2.99. The highest BCUT2D eigenvalue weighted by Crippen LogP contribution is 2.18. The van der Waals surface area contributed by atoms with Gasteiger partial charge in [-0.2, -0.15) is 5.10 Å². The highest BCUT2D eigenvalue weighted by molar-refractivity contribution is 7.71. The lowest BCUT2D eigenvalue weighted by molar-refractivity contribution is -0.121. The Labute approximate surface area is 167 Å². The van der Waals surface area contributed by atoms with E-state index >= 15 is 0 Å². The molecular formula is C21H32N4OS. The predicted molar refractivity (Wildman–Crippen MR) is 113 cm³/mol. The van der Waals surface area contributed by atoms with Crippen molar-refractivity contribution in [3.63, 3.8) is 0 Å². The topological polar surface area (TPSA) is 62.7 Å². The molecular weight excluding hydrogens is 356 g/mol. The van der Waals surface area contributed by atoms with E-state index in [9.17, 15) is 4.79 Å². The van der Waals surface area contributed by atoms with Gasteiger partial charge in [0.15, 0.2) is 10.6 Å². The number of aromatic amines is 1. The first-order chi connectivity index (χ1) is 13.0. The molecule has 0 spiro atoms. The SMILES string of the molecule is Cc1cccc(-c2n[nH]c(=S)n2CCC(=O)NCCCCCCC(C)C)c1.